The number of piperidine rings is 1. The predicted octanol–water partition coefficient (Wildman–Crippen LogP) is 4.45. The summed E-state index contributed by atoms with van der Waals surface area (Å²) in [6, 6.07) is 7.44. The summed E-state index contributed by atoms with van der Waals surface area (Å²) in [5, 5.41) is 6.09. The zero-order chi connectivity index (χ0) is 20.9. The van der Waals surface area contributed by atoms with Gasteiger partial charge >= 0.3 is 0 Å². The Balaban J connectivity index is 1.47. The van der Waals surface area contributed by atoms with Gasteiger partial charge in [-0.25, -0.2) is 0 Å². The molecule has 1 aliphatic carbocycles. The number of hydrogen-bond acceptors (Lipinski definition) is 3. The molecule has 1 saturated carbocycles. The highest BCUT2D eigenvalue weighted by Crippen LogP contribution is 2.25. The Morgan fingerprint density at radius 2 is 1.72 bits per heavy atom. The van der Waals surface area contributed by atoms with Crippen LogP contribution >= 0.6 is 0 Å². The molecular formula is C24H37N3O2. The van der Waals surface area contributed by atoms with E-state index in [1.165, 1.54) is 38.6 Å². The van der Waals surface area contributed by atoms with Crippen LogP contribution < -0.4 is 10.6 Å². The number of hydrogen-bond donors (Lipinski definition) is 2. The van der Waals surface area contributed by atoms with Crippen molar-refractivity contribution >= 4 is 17.5 Å². The highest BCUT2D eigenvalue weighted by atomic mass is 16.2. The molecule has 0 aromatic heterocycles. The Morgan fingerprint density at radius 3 is 2.38 bits per heavy atom. The third-order valence-corrected chi connectivity index (χ3v) is 6.23. The van der Waals surface area contributed by atoms with Gasteiger partial charge in [-0.2, -0.15) is 0 Å². The van der Waals surface area contributed by atoms with E-state index >= 15 is 0 Å². The van der Waals surface area contributed by atoms with E-state index in [1.54, 1.807) is 12.1 Å². The molecule has 2 amide bonds. The van der Waals surface area contributed by atoms with Crippen LogP contribution in [0.4, 0.5) is 5.69 Å². The number of anilines is 1. The highest BCUT2D eigenvalue weighted by Gasteiger charge is 2.24. The summed E-state index contributed by atoms with van der Waals surface area (Å²) < 4.78 is 0. The van der Waals surface area contributed by atoms with Crippen molar-refractivity contribution in [3.8, 4) is 0 Å². The molecule has 5 heteroatoms. The van der Waals surface area contributed by atoms with Crippen molar-refractivity contribution in [3.05, 3.63) is 29.8 Å². The number of benzene rings is 1. The summed E-state index contributed by atoms with van der Waals surface area (Å²) >= 11 is 0. The molecule has 2 aliphatic rings. The van der Waals surface area contributed by atoms with Gasteiger partial charge in [0.15, 0.2) is 0 Å². The predicted molar refractivity (Wildman–Crippen MR) is 118 cm³/mol. The normalized spacial score (nSPS) is 19.7. The molecule has 1 heterocycles. The zero-order valence-electron chi connectivity index (χ0n) is 18.3. The van der Waals surface area contributed by atoms with E-state index in [0.717, 1.165) is 31.8 Å². The van der Waals surface area contributed by atoms with Crippen molar-refractivity contribution in [1.82, 2.24) is 10.2 Å². The van der Waals surface area contributed by atoms with Crippen LogP contribution in [0.25, 0.3) is 0 Å². The molecule has 1 saturated heterocycles. The highest BCUT2D eigenvalue weighted by molar-refractivity contribution is 5.98. The minimum atomic E-state index is -0.468. The van der Waals surface area contributed by atoms with Crippen LogP contribution in [0, 0.1) is 11.3 Å². The monoisotopic (exact) mass is 399 g/mol. The molecule has 160 valence electrons. The van der Waals surface area contributed by atoms with Crippen LogP contribution in [-0.2, 0) is 4.79 Å². The molecule has 1 aromatic carbocycles. The topological polar surface area (TPSA) is 61.4 Å². The number of carbonyl (C=O) groups is 2. The number of nitrogens with zero attached hydrogens (tertiary/aromatic N) is 1. The zero-order valence-corrected chi connectivity index (χ0v) is 18.3. The average molecular weight is 400 g/mol. The molecule has 3 rings (SSSR count). The first-order valence-corrected chi connectivity index (χ1v) is 11.3. The van der Waals surface area contributed by atoms with Gasteiger partial charge in [-0.05, 0) is 49.8 Å². The number of carbonyl (C=O) groups excluding carboxylic acids is 2. The van der Waals surface area contributed by atoms with Crippen LogP contribution in [0.1, 0.15) is 76.1 Å². The minimum absolute atomic E-state index is 0.0532. The van der Waals surface area contributed by atoms with Crippen LogP contribution in [0.2, 0.25) is 0 Å². The van der Waals surface area contributed by atoms with E-state index in [2.05, 4.69) is 15.5 Å². The van der Waals surface area contributed by atoms with E-state index in [4.69, 9.17) is 0 Å². The standard InChI is InChI=1S/C24H37N3O2/c1-24(2,3)23(29)26-21-11-7-10-19(16-21)22(28)25-20-12-14-27(15-13-20)17-18-8-5-4-6-9-18/h7,10-11,16,18,20H,4-6,8-9,12-15,17H2,1-3H3,(H,25,28)(H,26,29). The fraction of sp³-hybridized carbons (Fsp3) is 0.667. The lowest BCUT2D eigenvalue weighted by Crippen LogP contribution is -2.46. The largest absolute Gasteiger partial charge is 0.349 e. The van der Waals surface area contributed by atoms with Crippen LogP contribution in [-0.4, -0.2) is 42.4 Å². The Hall–Kier alpha value is -1.88. The van der Waals surface area contributed by atoms with Gasteiger partial charge in [-0.15, -0.1) is 0 Å². The van der Waals surface area contributed by atoms with Gasteiger partial charge in [0.2, 0.25) is 5.91 Å². The minimum Gasteiger partial charge on any atom is -0.349 e. The van der Waals surface area contributed by atoms with Gasteiger partial charge < -0.3 is 15.5 Å². The lowest BCUT2D eigenvalue weighted by molar-refractivity contribution is -0.123. The lowest BCUT2D eigenvalue weighted by Gasteiger charge is -2.35. The van der Waals surface area contributed by atoms with Crippen molar-refractivity contribution in [3.63, 3.8) is 0 Å². The van der Waals surface area contributed by atoms with Gasteiger partial charge in [-0.3, -0.25) is 9.59 Å². The van der Waals surface area contributed by atoms with Crippen molar-refractivity contribution in [2.45, 2.75) is 71.8 Å². The van der Waals surface area contributed by atoms with E-state index in [0.29, 0.717) is 11.3 Å². The van der Waals surface area contributed by atoms with E-state index < -0.39 is 5.41 Å². The summed E-state index contributed by atoms with van der Waals surface area (Å²) in [5.74, 6) is 0.768. The molecule has 2 fully saturated rings. The molecular weight excluding hydrogens is 362 g/mol. The van der Waals surface area contributed by atoms with Crippen molar-refractivity contribution in [1.29, 1.82) is 0 Å². The number of nitrogens with one attached hydrogen (secondary N) is 2. The molecule has 1 aromatic rings. The fourth-order valence-electron chi connectivity index (χ4n) is 4.32. The molecule has 0 atom stereocenters. The van der Waals surface area contributed by atoms with E-state index in [9.17, 15) is 9.59 Å². The Morgan fingerprint density at radius 1 is 1.03 bits per heavy atom. The van der Waals surface area contributed by atoms with Gasteiger partial charge in [0.1, 0.15) is 0 Å². The quantitative estimate of drug-likeness (QED) is 0.769. The van der Waals surface area contributed by atoms with Gasteiger partial charge in [0, 0.05) is 42.3 Å². The molecule has 0 bridgehead atoms. The number of amides is 2. The molecule has 0 unspecified atom stereocenters. The van der Waals surface area contributed by atoms with E-state index in [-0.39, 0.29) is 17.9 Å². The molecule has 1 aliphatic heterocycles. The smallest absolute Gasteiger partial charge is 0.251 e. The summed E-state index contributed by atoms with van der Waals surface area (Å²) in [6.07, 6.45) is 9.00. The molecule has 5 nitrogen and oxygen atoms in total. The van der Waals surface area contributed by atoms with Gasteiger partial charge in [-0.1, -0.05) is 46.1 Å². The summed E-state index contributed by atoms with van der Waals surface area (Å²) in [7, 11) is 0. The second-order valence-electron chi connectivity index (χ2n) is 9.84. The first-order chi connectivity index (χ1) is 13.8. The maximum absolute atomic E-state index is 12.7. The van der Waals surface area contributed by atoms with Gasteiger partial charge in [0.25, 0.3) is 5.91 Å². The summed E-state index contributed by atoms with van der Waals surface area (Å²) in [5.41, 5.74) is 0.797. The van der Waals surface area contributed by atoms with Crippen molar-refractivity contribution in [2.24, 2.45) is 11.3 Å². The summed E-state index contributed by atoms with van der Waals surface area (Å²) in [4.78, 5) is 27.5. The van der Waals surface area contributed by atoms with Crippen LogP contribution in [0.5, 0.6) is 0 Å². The number of likely N-dealkylation sites (tertiary alicyclic amines) is 1. The summed E-state index contributed by atoms with van der Waals surface area (Å²) in [6.45, 7) is 9.00. The Labute approximate surface area is 175 Å². The van der Waals surface area contributed by atoms with Crippen LogP contribution in [0.15, 0.2) is 24.3 Å². The first-order valence-electron chi connectivity index (χ1n) is 11.3. The second-order valence-corrected chi connectivity index (χ2v) is 9.84. The Bertz CT molecular complexity index is 696. The molecule has 29 heavy (non-hydrogen) atoms. The lowest BCUT2D eigenvalue weighted by atomic mass is 9.88. The van der Waals surface area contributed by atoms with Crippen molar-refractivity contribution in [2.75, 3.05) is 25.0 Å². The molecule has 0 spiro atoms. The van der Waals surface area contributed by atoms with E-state index in [1.807, 2.05) is 32.9 Å². The maximum Gasteiger partial charge on any atom is 0.251 e. The van der Waals surface area contributed by atoms with Crippen LogP contribution in [0.3, 0.4) is 0 Å². The van der Waals surface area contributed by atoms with Gasteiger partial charge in [0.05, 0.1) is 0 Å². The Kier molecular flexibility index (Phi) is 7.33. The number of rotatable bonds is 5. The second kappa shape index (κ2) is 9.75. The first kappa shape index (κ1) is 21.8. The third kappa shape index (κ3) is 6.56. The SMILES string of the molecule is CC(C)(C)C(=O)Nc1cccc(C(=O)NC2CCN(CC3CCCCC3)CC2)c1. The average Bonchev–Trinajstić information content (AvgIpc) is 2.70. The fourth-order valence-corrected chi connectivity index (χ4v) is 4.32. The molecule has 0 radical (unpaired) electrons. The molecule has 2 N–H and O–H groups in total. The maximum atomic E-state index is 12.7. The van der Waals surface area contributed by atoms with Crippen molar-refractivity contribution < 1.29 is 9.59 Å². The third-order valence-electron chi connectivity index (χ3n) is 6.23.